The molecule has 0 saturated heterocycles. The van der Waals surface area contributed by atoms with Gasteiger partial charge in [-0.3, -0.25) is 9.59 Å². The molecule has 0 unspecified atom stereocenters. The van der Waals surface area contributed by atoms with E-state index in [1.807, 2.05) is 60.6 Å². The van der Waals surface area contributed by atoms with Crippen LogP contribution in [0.25, 0.3) is 0 Å². The Kier molecular flexibility index (Phi) is 29.8. The SMILES string of the molecule is CC.CC.CC.CC(=O)OCc1ccc(C)cc1C(C)=O.CCC(C)CC. The monoisotopic (exact) mass is 382 g/mol. The van der Waals surface area contributed by atoms with Gasteiger partial charge in [-0.1, -0.05) is 92.9 Å². The van der Waals surface area contributed by atoms with E-state index in [4.69, 9.17) is 4.74 Å². The van der Waals surface area contributed by atoms with Gasteiger partial charge in [0.05, 0.1) is 0 Å². The minimum atomic E-state index is -0.343. The molecule has 3 nitrogen and oxygen atoms in total. The van der Waals surface area contributed by atoms with Crippen molar-refractivity contribution in [1.82, 2.24) is 0 Å². The van der Waals surface area contributed by atoms with Gasteiger partial charge in [0.2, 0.25) is 0 Å². The molecule has 0 spiro atoms. The number of ether oxygens (including phenoxy) is 1. The Hall–Kier alpha value is -1.64. The first-order valence-corrected chi connectivity index (χ1v) is 10.6. The van der Waals surface area contributed by atoms with Crippen LogP contribution in [0.15, 0.2) is 18.2 Å². The van der Waals surface area contributed by atoms with Gasteiger partial charge in [-0.25, -0.2) is 0 Å². The van der Waals surface area contributed by atoms with Crippen LogP contribution >= 0.6 is 0 Å². The molecule has 160 valence electrons. The third-order valence-electron chi connectivity index (χ3n) is 3.47. The van der Waals surface area contributed by atoms with Gasteiger partial charge in [0.1, 0.15) is 6.61 Å². The zero-order valence-electron chi connectivity index (χ0n) is 20.2. The topological polar surface area (TPSA) is 43.4 Å². The summed E-state index contributed by atoms with van der Waals surface area (Å²) in [6, 6.07) is 5.52. The summed E-state index contributed by atoms with van der Waals surface area (Å²) in [5.74, 6) is 0.580. The summed E-state index contributed by atoms with van der Waals surface area (Å²) >= 11 is 0. The molecule has 1 rings (SSSR count). The molecular formula is C24H46O3. The van der Waals surface area contributed by atoms with Gasteiger partial charge in [-0.2, -0.15) is 0 Å². The fourth-order valence-corrected chi connectivity index (χ4v) is 1.61. The van der Waals surface area contributed by atoms with Crippen LogP contribution in [0.4, 0.5) is 0 Å². The average molecular weight is 383 g/mol. The zero-order chi connectivity index (χ0) is 22.4. The summed E-state index contributed by atoms with van der Waals surface area (Å²) in [6.45, 7) is 23.7. The first kappa shape index (κ1) is 33.0. The van der Waals surface area contributed by atoms with Crippen molar-refractivity contribution >= 4 is 11.8 Å². The maximum absolute atomic E-state index is 11.3. The predicted molar refractivity (Wildman–Crippen MR) is 120 cm³/mol. The standard InChI is InChI=1S/C12H14O3.C6H14.3C2H6/c1-8-4-5-11(7-15-10(3)14)12(6-8)9(2)13;1-4-6(3)5-2;3*1-2/h4-6H,7H2,1-3H3;6H,4-5H2,1-3H3;3*1-2H3. The lowest BCUT2D eigenvalue weighted by Gasteiger charge is -2.07. The van der Waals surface area contributed by atoms with Crippen LogP contribution in [0.3, 0.4) is 0 Å². The summed E-state index contributed by atoms with van der Waals surface area (Å²) < 4.78 is 4.87. The molecule has 0 saturated carbocycles. The van der Waals surface area contributed by atoms with Crippen LogP contribution in [0.2, 0.25) is 0 Å². The third-order valence-corrected chi connectivity index (χ3v) is 3.47. The number of carbonyl (C=O) groups excluding carboxylic acids is 2. The van der Waals surface area contributed by atoms with Crippen LogP contribution in [-0.4, -0.2) is 11.8 Å². The molecule has 0 aliphatic carbocycles. The van der Waals surface area contributed by atoms with Gasteiger partial charge in [0.25, 0.3) is 0 Å². The number of aryl methyl sites for hydroxylation is 1. The van der Waals surface area contributed by atoms with Crippen molar-refractivity contribution < 1.29 is 14.3 Å². The maximum Gasteiger partial charge on any atom is 0.302 e. The normalized spacial score (nSPS) is 8.33. The van der Waals surface area contributed by atoms with Crippen LogP contribution < -0.4 is 0 Å². The Balaban J connectivity index is -0.000000185. The van der Waals surface area contributed by atoms with Crippen LogP contribution in [0, 0.1) is 12.8 Å². The Labute approximate surface area is 169 Å². The Morgan fingerprint density at radius 2 is 1.37 bits per heavy atom. The van der Waals surface area contributed by atoms with E-state index in [2.05, 4.69) is 20.8 Å². The summed E-state index contributed by atoms with van der Waals surface area (Å²) in [5, 5.41) is 0. The molecule has 0 bridgehead atoms. The quantitative estimate of drug-likeness (QED) is 0.385. The second-order valence-electron chi connectivity index (χ2n) is 5.42. The van der Waals surface area contributed by atoms with Gasteiger partial charge < -0.3 is 4.74 Å². The van der Waals surface area contributed by atoms with Crippen molar-refractivity contribution in [2.75, 3.05) is 0 Å². The molecule has 0 radical (unpaired) electrons. The average Bonchev–Trinajstić information content (AvgIpc) is 2.71. The summed E-state index contributed by atoms with van der Waals surface area (Å²) in [7, 11) is 0. The molecule has 0 aliphatic rings. The van der Waals surface area contributed by atoms with Crippen molar-refractivity contribution in [1.29, 1.82) is 0 Å². The van der Waals surface area contributed by atoms with Crippen LogP contribution in [-0.2, 0) is 16.1 Å². The minimum absolute atomic E-state index is 0.0131. The van der Waals surface area contributed by atoms with E-state index in [-0.39, 0.29) is 18.4 Å². The number of benzene rings is 1. The van der Waals surface area contributed by atoms with Crippen molar-refractivity contribution in [3.8, 4) is 0 Å². The minimum Gasteiger partial charge on any atom is -0.461 e. The van der Waals surface area contributed by atoms with Crippen molar-refractivity contribution in [3.05, 3.63) is 34.9 Å². The highest BCUT2D eigenvalue weighted by molar-refractivity contribution is 5.95. The predicted octanol–water partition coefficient (Wildman–Crippen LogP) is 7.78. The van der Waals surface area contributed by atoms with Crippen molar-refractivity contribution in [2.45, 2.75) is 103 Å². The molecule has 3 heteroatoms. The second kappa shape index (κ2) is 24.4. The first-order chi connectivity index (χ1) is 12.8. The largest absolute Gasteiger partial charge is 0.461 e. The number of Topliss-reactive ketones (excluding diaryl/α,β-unsaturated/α-hetero) is 1. The fraction of sp³-hybridized carbons (Fsp3) is 0.667. The Morgan fingerprint density at radius 3 is 1.67 bits per heavy atom. The van der Waals surface area contributed by atoms with Gasteiger partial charge in [0, 0.05) is 18.1 Å². The first-order valence-electron chi connectivity index (χ1n) is 10.6. The lowest BCUT2D eigenvalue weighted by Crippen LogP contribution is -2.05. The third kappa shape index (κ3) is 20.5. The number of hydrogen-bond acceptors (Lipinski definition) is 3. The number of hydrogen-bond donors (Lipinski definition) is 0. The maximum atomic E-state index is 11.3. The van der Waals surface area contributed by atoms with E-state index < -0.39 is 0 Å². The lowest BCUT2D eigenvalue weighted by molar-refractivity contribution is -0.142. The summed E-state index contributed by atoms with van der Waals surface area (Å²) in [4.78, 5) is 22.0. The summed E-state index contributed by atoms with van der Waals surface area (Å²) in [6.07, 6.45) is 2.66. The molecule has 0 fully saturated rings. The molecule has 1 aromatic rings. The molecular weight excluding hydrogens is 336 g/mol. The van der Waals surface area contributed by atoms with Gasteiger partial charge in [-0.05, 0) is 25.8 Å². The molecule has 0 heterocycles. The van der Waals surface area contributed by atoms with Crippen LogP contribution in [0.5, 0.6) is 0 Å². The highest BCUT2D eigenvalue weighted by Crippen LogP contribution is 2.13. The van der Waals surface area contributed by atoms with Gasteiger partial charge in [-0.15, -0.1) is 0 Å². The van der Waals surface area contributed by atoms with Crippen LogP contribution in [0.1, 0.15) is 110 Å². The number of esters is 1. The van der Waals surface area contributed by atoms with E-state index in [1.54, 1.807) is 6.07 Å². The molecule has 0 N–H and O–H groups in total. The van der Waals surface area contributed by atoms with E-state index in [0.717, 1.165) is 17.0 Å². The zero-order valence-corrected chi connectivity index (χ0v) is 20.2. The molecule has 0 amide bonds. The van der Waals surface area contributed by atoms with E-state index in [9.17, 15) is 9.59 Å². The van der Waals surface area contributed by atoms with Crippen molar-refractivity contribution in [2.24, 2.45) is 5.92 Å². The Morgan fingerprint density at radius 1 is 0.926 bits per heavy atom. The van der Waals surface area contributed by atoms with E-state index in [1.165, 1.54) is 26.7 Å². The second-order valence-corrected chi connectivity index (χ2v) is 5.42. The molecule has 27 heavy (non-hydrogen) atoms. The Bertz CT molecular complexity index is 461. The van der Waals surface area contributed by atoms with E-state index in [0.29, 0.717) is 5.56 Å². The smallest absolute Gasteiger partial charge is 0.302 e. The number of ketones is 1. The highest BCUT2D eigenvalue weighted by atomic mass is 16.5. The molecule has 0 aliphatic heterocycles. The number of carbonyl (C=O) groups is 2. The van der Waals surface area contributed by atoms with E-state index >= 15 is 0 Å². The van der Waals surface area contributed by atoms with Gasteiger partial charge >= 0.3 is 5.97 Å². The molecule has 1 aromatic carbocycles. The fourth-order valence-electron chi connectivity index (χ4n) is 1.61. The summed E-state index contributed by atoms with van der Waals surface area (Å²) in [5.41, 5.74) is 2.39. The molecule has 0 atom stereocenters. The lowest BCUT2D eigenvalue weighted by atomic mass is 10.0. The molecule has 0 aromatic heterocycles. The van der Waals surface area contributed by atoms with Crippen molar-refractivity contribution in [3.63, 3.8) is 0 Å². The van der Waals surface area contributed by atoms with Gasteiger partial charge in [0.15, 0.2) is 5.78 Å². The number of rotatable bonds is 5. The highest BCUT2D eigenvalue weighted by Gasteiger charge is 2.08.